The molecule has 0 radical (unpaired) electrons. The monoisotopic (exact) mass is 282 g/mol. The lowest BCUT2D eigenvalue weighted by atomic mass is 10.00. The Morgan fingerprint density at radius 3 is 2.86 bits per heavy atom. The average Bonchev–Trinajstić information content (AvgIpc) is 2.91. The molecular formula is C15H18N6. The van der Waals surface area contributed by atoms with E-state index in [2.05, 4.69) is 56.9 Å². The van der Waals surface area contributed by atoms with Crippen LogP contribution in [-0.2, 0) is 13.5 Å². The molecule has 0 saturated heterocycles. The number of nitrogens with one attached hydrogen (secondary N) is 1. The number of aromatic nitrogens is 5. The summed E-state index contributed by atoms with van der Waals surface area (Å²) < 4.78 is 0. The SMILES string of the molecule is CCNC(Cc1nnn(C)n1)c1cccc2cccnc12. The van der Waals surface area contributed by atoms with Crippen molar-refractivity contribution >= 4 is 10.9 Å². The van der Waals surface area contributed by atoms with Gasteiger partial charge in [0, 0.05) is 24.0 Å². The van der Waals surface area contributed by atoms with E-state index in [1.807, 2.05) is 12.3 Å². The van der Waals surface area contributed by atoms with E-state index in [1.54, 1.807) is 7.05 Å². The fourth-order valence-corrected chi connectivity index (χ4v) is 2.54. The van der Waals surface area contributed by atoms with Gasteiger partial charge in [-0.25, -0.2) is 0 Å². The van der Waals surface area contributed by atoms with Gasteiger partial charge in [0.05, 0.1) is 12.6 Å². The smallest absolute Gasteiger partial charge is 0.176 e. The van der Waals surface area contributed by atoms with Crippen LogP contribution in [0.4, 0.5) is 0 Å². The molecule has 0 saturated carbocycles. The summed E-state index contributed by atoms with van der Waals surface area (Å²) in [5.74, 6) is 0.733. The van der Waals surface area contributed by atoms with E-state index in [1.165, 1.54) is 10.4 Å². The maximum atomic E-state index is 4.53. The molecule has 2 aromatic heterocycles. The maximum Gasteiger partial charge on any atom is 0.176 e. The summed E-state index contributed by atoms with van der Waals surface area (Å²) in [5, 5.41) is 16.9. The molecule has 108 valence electrons. The van der Waals surface area contributed by atoms with Crippen molar-refractivity contribution in [2.75, 3.05) is 6.54 Å². The summed E-state index contributed by atoms with van der Waals surface area (Å²) in [4.78, 5) is 6.02. The van der Waals surface area contributed by atoms with E-state index in [-0.39, 0.29) is 6.04 Å². The molecule has 2 heterocycles. The van der Waals surface area contributed by atoms with Crippen molar-refractivity contribution < 1.29 is 0 Å². The lowest BCUT2D eigenvalue weighted by molar-refractivity contribution is 0.537. The van der Waals surface area contributed by atoms with Gasteiger partial charge in [-0.15, -0.1) is 10.2 Å². The second kappa shape index (κ2) is 5.97. The number of pyridine rings is 1. The summed E-state index contributed by atoms with van der Waals surface area (Å²) >= 11 is 0. The number of likely N-dealkylation sites (N-methyl/N-ethyl adjacent to an activating group) is 1. The summed E-state index contributed by atoms with van der Waals surface area (Å²) in [6.07, 6.45) is 2.52. The minimum atomic E-state index is 0.123. The van der Waals surface area contributed by atoms with Gasteiger partial charge in [0.15, 0.2) is 5.82 Å². The first kappa shape index (κ1) is 13.6. The fourth-order valence-electron chi connectivity index (χ4n) is 2.54. The first-order valence-corrected chi connectivity index (χ1v) is 7.08. The summed E-state index contributed by atoms with van der Waals surface area (Å²) in [5.41, 5.74) is 2.19. The van der Waals surface area contributed by atoms with Crippen molar-refractivity contribution in [2.45, 2.75) is 19.4 Å². The average molecular weight is 282 g/mol. The number of para-hydroxylation sites is 1. The van der Waals surface area contributed by atoms with Crippen molar-refractivity contribution in [3.8, 4) is 0 Å². The molecule has 6 nitrogen and oxygen atoms in total. The number of hydrogen-bond donors (Lipinski definition) is 1. The third kappa shape index (κ3) is 2.90. The van der Waals surface area contributed by atoms with Crippen molar-refractivity contribution in [2.24, 2.45) is 7.05 Å². The molecule has 3 aromatic rings. The molecular weight excluding hydrogens is 264 g/mol. The molecule has 0 bridgehead atoms. The van der Waals surface area contributed by atoms with Gasteiger partial charge in [-0.2, -0.15) is 4.80 Å². The molecule has 0 spiro atoms. The molecule has 0 aliphatic heterocycles. The van der Waals surface area contributed by atoms with Crippen LogP contribution in [0.1, 0.15) is 24.4 Å². The summed E-state index contributed by atoms with van der Waals surface area (Å²) in [7, 11) is 1.78. The quantitative estimate of drug-likeness (QED) is 0.770. The number of benzene rings is 1. The highest BCUT2D eigenvalue weighted by molar-refractivity contribution is 5.82. The topological polar surface area (TPSA) is 68.5 Å². The van der Waals surface area contributed by atoms with E-state index >= 15 is 0 Å². The van der Waals surface area contributed by atoms with Crippen LogP contribution in [0, 0.1) is 0 Å². The van der Waals surface area contributed by atoms with Gasteiger partial charge in [-0.3, -0.25) is 4.98 Å². The Labute approximate surface area is 123 Å². The molecule has 0 aliphatic rings. The van der Waals surface area contributed by atoms with Crippen LogP contribution in [0.5, 0.6) is 0 Å². The standard InChI is InChI=1S/C15H18N6/c1-3-16-13(10-14-18-20-21(2)19-14)12-8-4-6-11-7-5-9-17-15(11)12/h4-9,13,16H,3,10H2,1-2H3. The first-order chi connectivity index (χ1) is 10.3. The molecule has 0 fully saturated rings. The van der Waals surface area contributed by atoms with E-state index < -0.39 is 0 Å². The van der Waals surface area contributed by atoms with Crippen molar-refractivity contribution in [1.29, 1.82) is 0 Å². The Kier molecular flexibility index (Phi) is 3.87. The van der Waals surface area contributed by atoms with E-state index in [0.717, 1.165) is 23.3 Å². The molecule has 1 aromatic carbocycles. The minimum absolute atomic E-state index is 0.123. The number of rotatable bonds is 5. The van der Waals surface area contributed by atoms with Gasteiger partial charge in [0.1, 0.15) is 0 Å². The van der Waals surface area contributed by atoms with Gasteiger partial charge < -0.3 is 5.32 Å². The van der Waals surface area contributed by atoms with Gasteiger partial charge in [0.25, 0.3) is 0 Å². The Hall–Kier alpha value is -2.34. The zero-order valence-electron chi connectivity index (χ0n) is 12.2. The van der Waals surface area contributed by atoms with Crippen LogP contribution in [0.3, 0.4) is 0 Å². The van der Waals surface area contributed by atoms with Crippen molar-refractivity contribution in [3.05, 3.63) is 47.9 Å². The zero-order chi connectivity index (χ0) is 14.7. The van der Waals surface area contributed by atoms with Gasteiger partial charge >= 0.3 is 0 Å². The highest BCUT2D eigenvalue weighted by atomic mass is 15.6. The molecule has 1 N–H and O–H groups in total. The molecule has 1 atom stereocenters. The van der Waals surface area contributed by atoms with Crippen LogP contribution < -0.4 is 5.32 Å². The Morgan fingerprint density at radius 2 is 2.10 bits per heavy atom. The number of nitrogens with zero attached hydrogens (tertiary/aromatic N) is 5. The van der Waals surface area contributed by atoms with Gasteiger partial charge in [0.2, 0.25) is 0 Å². The highest BCUT2D eigenvalue weighted by Gasteiger charge is 2.17. The van der Waals surface area contributed by atoms with Crippen LogP contribution in [0.25, 0.3) is 10.9 Å². The molecule has 6 heteroatoms. The lowest BCUT2D eigenvalue weighted by Gasteiger charge is -2.18. The number of fused-ring (bicyclic) bond motifs is 1. The maximum absolute atomic E-state index is 4.53. The summed E-state index contributed by atoms with van der Waals surface area (Å²) in [6, 6.07) is 10.4. The number of aryl methyl sites for hydroxylation is 1. The Balaban J connectivity index is 1.98. The second-order valence-corrected chi connectivity index (χ2v) is 4.93. The first-order valence-electron chi connectivity index (χ1n) is 7.08. The van der Waals surface area contributed by atoms with E-state index in [0.29, 0.717) is 6.42 Å². The van der Waals surface area contributed by atoms with Crippen molar-refractivity contribution in [3.63, 3.8) is 0 Å². The largest absolute Gasteiger partial charge is 0.310 e. The molecule has 3 rings (SSSR count). The lowest BCUT2D eigenvalue weighted by Crippen LogP contribution is -2.24. The molecule has 1 unspecified atom stereocenters. The molecule has 0 amide bonds. The Morgan fingerprint density at radius 1 is 1.24 bits per heavy atom. The fraction of sp³-hybridized carbons (Fsp3) is 0.333. The second-order valence-electron chi connectivity index (χ2n) is 4.93. The minimum Gasteiger partial charge on any atom is -0.310 e. The zero-order valence-corrected chi connectivity index (χ0v) is 12.2. The normalized spacial score (nSPS) is 12.7. The third-order valence-corrected chi connectivity index (χ3v) is 3.43. The van der Waals surface area contributed by atoms with Gasteiger partial charge in [-0.05, 0) is 23.4 Å². The molecule has 0 aliphatic carbocycles. The summed E-state index contributed by atoms with van der Waals surface area (Å²) in [6.45, 7) is 2.96. The van der Waals surface area contributed by atoms with E-state index in [9.17, 15) is 0 Å². The molecule has 21 heavy (non-hydrogen) atoms. The van der Waals surface area contributed by atoms with Crippen LogP contribution >= 0.6 is 0 Å². The predicted octanol–water partition coefficient (Wildman–Crippen LogP) is 1.65. The predicted molar refractivity (Wildman–Crippen MR) is 80.7 cm³/mol. The van der Waals surface area contributed by atoms with Crippen molar-refractivity contribution in [1.82, 2.24) is 30.5 Å². The van der Waals surface area contributed by atoms with Crippen LogP contribution in [-0.4, -0.2) is 31.7 Å². The van der Waals surface area contributed by atoms with Gasteiger partial charge in [-0.1, -0.05) is 31.2 Å². The van der Waals surface area contributed by atoms with E-state index in [4.69, 9.17) is 0 Å². The number of tetrazole rings is 1. The highest BCUT2D eigenvalue weighted by Crippen LogP contribution is 2.24. The number of hydrogen-bond acceptors (Lipinski definition) is 5. The Bertz CT molecular complexity index is 730. The third-order valence-electron chi connectivity index (χ3n) is 3.43. The van der Waals surface area contributed by atoms with Crippen LogP contribution in [0.15, 0.2) is 36.5 Å². The van der Waals surface area contributed by atoms with Crippen LogP contribution in [0.2, 0.25) is 0 Å².